The van der Waals surface area contributed by atoms with Crippen LogP contribution in [-0.2, 0) is 6.42 Å². The molecule has 24 heavy (non-hydrogen) atoms. The van der Waals surface area contributed by atoms with Crippen molar-refractivity contribution in [1.29, 1.82) is 0 Å². The quantitative estimate of drug-likeness (QED) is 0.851. The van der Waals surface area contributed by atoms with E-state index in [1.165, 1.54) is 5.56 Å². The van der Waals surface area contributed by atoms with E-state index in [-0.39, 0.29) is 12.1 Å². The third kappa shape index (κ3) is 4.67. The monoisotopic (exact) mass is 390 g/mol. The first-order chi connectivity index (χ1) is 11.7. The van der Waals surface area contributed by atoms with E-state index in [1.54, 1.807) is 17.3 Å². The predicted octanol–water partition coefficient (Wildman–Crippen LogP) is 2.64. The minimum absolute atomic E-state index is 0.0474. The van der Waals surface area contributed by atoms with Gasteiger partial charge in [-0.25, -0.2) is 14.8 Å². The zero-order valence-electron chi connectivity index (χ0n) is 13.2. The third-order valence-electron chi connectivity index (χ3n) is 3.83. The standard InChI is InChI=1S/C17H19BrN4O2/c18-14-10-20-16(21-11-14)24-15-7-9-22(12-15)17(23)19-8-6-13-4-2-1-3-5-13/h1-5,10-11,15H,6-9,12H2,(H,19,23). The van der Waals surface area contributed by atoms with Gasteiger partial charge in [-0.1, -0.05) is 30.3 Å². The molecule has 1 aromatic heterocycles. The van der Waals surface area contributed by atoms with Crippen LogP contribution in [0, 0.1) is 0 Å². The lowest BCUT2D eigenvalue weighted by Gasteiger charge is -2.17. The summed E-state index contributed by atoms with van der Waals surface area (Å²) in [5.41, 5.74) is 1.22. The topological polar surface area (TPSA) is 67.4 Å². The lowest BCUT2D eigenvalue weighted by Crippen LogP contribution is -2.40. The molecule has 1 atom stereocenters. The second-order valence-electron chi connectivity index (χ2n) is 5.63. The zero-order chi connectivity index (χ0) is 16.8. The Kier molecular flexibility index (Phi) is 5.63. The SMILES string of the molecule is O=C(NCCc1ccccc1)N1CCC(Oc2ncc(Br)cn2)C1. The Bertz CT molecular complexity index is 666. The lowest BCUT2D eigenvalue weighted by molar-refractivity contribution is 0.178. The molecule has 7 heteroatoms. The molecule has 0 bridgehead atoms. The fourth-order valence-corrected chi connectivity index (χ4v) is 2.79. The molecule has 1 fully saturated rings. The van der Waals surface area contributed by atoms with Gasteiger partial charge in [0.05, 0.1) is 11.0 Å². The largest absolute Gasteiger partial charge is 0.458 e. The number of carbonyl (C=O) groups excluding carboxylic acids is 1. The molecule has 1 unspecified atom stereocenters. The highest BCUT2D eigenvalue weighted by Gasteiger charge is 2.28. The van der Waals surface area contributed by atoms with Gasteiger partial charge in [-0.15, -0.1) is 0 Å². The van der Waals surface area contributed by atoms with Crippen LogP contribution in [0.4, 0.5) is 4.79 Å². The number of halogens is 1. The highest BCUT2D eigenvalue weighted by molar-refractivity contribution is 9.10. The summed E-state index contributed by atoms with van der Waals surface area (Å²) in [7, 11) is 0. The van der Waals surface area contributed by atoms with Crippen LogP contribution in [0.3, 0.4) is 0 Å². The van der Waals surface area contributed by atoms with Crippen molar-refractivity contribution in [1.82, 2.24) is 20.2 Å². The smallest absolute Gasteiger partial charge is 0.317 e. The molecule has 1 aliphatic heterocycles. The van der Waals surface area contributed by atoms with Crippen LogP contribution in [0.2, 0.25) is 0 Å². The molecule has 2 heterocycles. The molecule has 1 aliphatic rings. The van der Waals surface area contributed by atoms with E-state index in [0.717, 1.165) is 17.3 Å². The second kappa shape index (κ2) is 8.10. The third-order valence-corrected chi connectivity index (χ3v) is 4.24. The van der Waals surface area contributed by atoms with Crippen molar-refractivity contribution in [2.45, 2.75) is 18.9 Å². The Labute approximate surface area is 149 Å². The van der Waals surface area contributed by atoms with Crippen LogP contribution >= 0.6 is 15.9 Å². The molecule has 0 saturated carbocycles. The van der Waals surface area contributed by atoms with E-state index in [9.17, 15) is 4.79 Å². The van der Waals surface area contributed by atoms with Gasteiger partial charge >= 0.3 is 12.0 Å². The number of benzene rings is 1. The second-order valence-corrected chi connectivity index (χ2v) is 6.54. The Morgan fingerprint density at radius 2 is 2.04 bits per heavy atom. The maximum absolute atomic E-state index is 12.2. The lowest BCUT2D eigenvalue weighted by atomic mass is 10.1. The zero-order valence-corrected chi connectivity index (χ0v) is 14.8. The summed E-state index contributed by atoms with van der Waals surface area (Å²) in [5.74, 6) is 0. The molecule has 2 aromatic rings. The van der Waals surface area contributed by atoms with Gasteiger partial charge in [0.25, 0.3) is 0 Å². The maximum atomic E-state index is 12.2. The molecule has 2 amide bonds. The van der Waals surface area contributed by atoms with E-state index < -0.39 is 0 Å². The molecule has 126 valence electrons. The van der Waals surface area contributed by atoms with Crippen molar-refractivity contribution in [3.05, 3.63) is 52.8 Å². The Hall–Kier alpha value is -2.15. The van der Waals surface area contributed by atoms with E-state index >= 15 is 0 Å². The van der Waals surface area contributed by atoms with Gasteiger partial charge in [0.1, 0.15) is 6.10 Å². The van der Waals surface area contributed by atoms with Crippen LogP contribution in [0.25, 0.3) is 0 Å². The van der Waals surface area contributed by atoms with Crippen molar-refractivity contribution >= 4 is 22.0 Å². The molecule has 1 saturated heterocycles. The number of nitrogens with one attached hydrogen (secondary N) is 1. The summed E-state index contributed by atoms with van der Waals surface area (Å²) in [6.45, 7) is 1.86. The minimum Gasteiger partial charge on any atom is -0.458 e. The van der Waals surface area contributed by atoms with Gasteiger partial charge in [0, 0.05) is 31.9 Å². The number of ether oxygens (including phenoxy) is 1. The first-order valence-electron chi connectivity index (χ1n) is 7.91. The van der Waals surface area contributed by atoms with Gasteiger partial charge < -0.3 is 15.0 Å². The fourth-order valence-electron chi connectivity index (χ4n) is 2.59. The predicted molar refractivity (Wildman–Crippen MR) is 93.9 cm³/mol. The van der Waals surface area contributed by atoms with Crippen molar-refractivity contribution in [2.75, 3.05) is 19.6 Å². The number of hydrogen-bond acceptors (Lipinski definition) is 4. The van der Waals surface area contributed by atoms with Crippen LogP contribution < -0.4 is 10.1 Å². The summed E-state index contributed by atoms with van der Waals surface area (Å²) in [6, 6.07) is 10.4. The number of rotatable bonds is 5. The Morgan fingerprint density at radius 3 is 2.79 bits per heavy atom. The fraction of sp³-hybridized carbons (Fsp3) is 0.353. The van der Waals surface area contributed by atoms with E-state index in [4.69, 9.17) is 4.74 Å². The number of carbonyl (C=O) groups is 1. The molecule has 0 aliphatic carbocycles. The molecular formula is C17H19BrN4O2. The summed E-state index contributed by atoms with van der Waals surface area (Å²) >= 11 is 3.29. The first kappa shape index (κ1) is 16.7. The van der Waals surface area contributed by atoms with Crippen LogP contribution in [0.5, 0.6) is 6.01 Å². The summed E-state index contributed by atoms with van der Waals surface area (Å²) in [4.78, 5) is 22.2. The van der Waals surface area contributed by atoms with Crippen molar-refractivity contribution in [3.8, 4) is 6.01 Å². The summed E-state index contributed by atoms with van der Waals surface area (Å²) < 4.78 is 6.53. The van der Waals surface area contributed by atoms with Gasteiger partial charge in [0.15, 0.2) is 0 Å². The molecular weight excluding hydrogens is 372 g/mol. The van der Waals surface area contributed by atoms with Gasteiger partial charge in [0.2, 0.25) is 0 Å². The number of aromatic nitrogens is 2. The highest BCUT2D eigenvalue weighted by Crippen LogP contribution is 2.16. The molecule has 0 spiro atoms. The normalized spacial score (nSPS) is 16.9. The van der Waals surface area contributed by atoms with Gasteiger partial charge in [-0.05, 0) is 27.9 Å². The summed E-state index contributed by atoms with van der Waals surface area (Å²) in [6.07, 6.45) is 4.83. The van der Waals surface area contributed by atoms with Crippen molar-refractivity contribution in [3.63, 3.8) is 0 Å². The maximum Gasteiger partial charge on any atom is 0.317 e. The van der Waals surface area contributed by atoms with E-state index in [2.05, 4.69) is 43.3 Å². The highest BCUT2D eigenvalue weighted by atomic mass is 79.9. The number of hydrogen-bond donors (Lipinski definition) is 1. The van der Waals surface area contributed by atoms with Crippen molar-refractivity contribution < 1.29 is 9.53 Å². The number of amides is 2. The number of likely N-dealkylation sites (tertiary alicyclic amines) is 1. The average Bonchev–Trinajstić information content (AvgIpc) is 3.06. The molecule has 1 aromatic carbocycles. The van der Waals surface area contributed by atoms with Gasteiger partial charge in [-0.3, -0.25) is 0 Å². The van der Waals surface area contributed by atoms with Crippen LogP contribution in [0.15, 0.2) is 47.2 Å². The molecule has 1 N–H and O–H groups in total. The molecule has 3 rings (SSSR count). The number of urea groups is 1. The Morgan fingerprint density at radius 1 is 1.29 bits per heavy atom. The average molecular weight is 391 g/mol. The number of nitrogens with zero attached hydrogens (tertiary/aromatic N) is 3. The molecule has 6 nitrogen and oxygen atoms in total. The van der Waals surface area contributed by atoms with Gasteiger partial charge in [-0.2, -0.15) is 0 Å². The van der Waals surface area contributed by atoms with Crippen molar-refractivity contribution in [2.24, 2.45) is 0 Å². The minimum atomic E-state index is -0.0638. The van der Waals surface area contributed by atoms with Crippen LogP contribution in [0.1, 0.15) is 12.0 Å². The van der Waals surface area contributed by atoms with Crippen LogP contribution in [-0.4, -0.2) is 46.6 Å². The first-order valence-corrected chi connectivity index (χ1v) is 8.71. The Balaban J connectivity index is 1.41. The van der Waals surface area contributed by atoms with E-state index in [1.807, 2.05) is 18.2 Å². The van der Waals surface area contributed by atoms with E-state index in [0.29, 0.717) is 25.6 Å². The molecule has 0 radical (unpaired) electrons. The summed E-state index contributed by atoms with van der Waals surface area (Å²) in [5, 5.41) is 2.96.